The smallest absolute Gasteiger partial charge is 0.212 e. The molecule has 4 nitrogen and oxygen atoms in total. The first-order chi connectivity index (χ1) is 8.76. The Balaban J connectivity index is 0.00000133. The van der Waals surface area contributed by atoms with E-state index in [2.05, 4.69) is 41.3 Å². The first-order valence-electron chi connectivity index (χ1n) is 5.88. The van der Waals surface area contributed by atoms with E-state index in [1.54, 1.807) is 11.3 Å². The summed E-state index contributed by atoms with van der Waals surface area (Å²) in [5.74, 6) is 0. The van der Waals surface area contributed by atoms with E-state index in [0.29, 0.717) is 6.54 Å². The average Bonchev–Trinajstić information content (AvgIpc) is 2.88. The highest BCUT2D eigenvalue weighted by Gasteiger charge is 2.08. The summed E-state index contributed by atoms with van der Waals surface area (Å²) in [4.78, 5) is 5.52. The second-order valence-corrected chi connectivity index (χ2v) is 5.29. The van der Waals surface area contributed by atoms with Gasteiger partial charge in [0.05, 0.1) is 11.9 Å². The maximum atomic E-state index is 5.52. The van der Waals surface area contributed by atoms with Crippen LogP contribution in [-0.4, -0.2) is 21.1 Å². The zero-order valence-corrected chi connectivity index (χ0v) is 12.2. The van der Waals surface area contributed by atoms with Crippen molar-refractivity contribution in [1.29, 1.82) is 0 Å². The molecular formula is C13H15ClN4S. The molecule has 0 aliphatic rings. The third-order valence-electron chi connectivity index (χ3n) is 2.79. The van der Waals surface area contributed by atoms with Crippen LogP contribution in [0.15, 0.2) is 30.5 Å². The van der Waals surface area contributed by atoms with Gasteiger partial charge < -0.3 is 5.73 Å². The van der Waals surface area contributed by atoms with Crippen LogP contribution in [0.25, 0.3) is 16.2 Å². The van der Waals surface area contributed by atoms with Crippen LogP contribution in [0.2, 0.25) is 0 Å². The molecule has 0 aliphatic carbocycles. The van der Waals surface area contributed by atoms with Gasteiger partial charge in [-0.25, -0.2) is 9.50 Å². The van der Waals surface area contributed by atoms with Crippen molar-refractivity contribution in [3.63, 3.8) is 0 Å². The van der Waals surface area contributed by atoms with Crippen LogP contribution >= 0.6 is 23.7 Å². The van der Waals surface area contributed by atoms with Crippen molar-refractivity contribution in [2.75, 3.05) is 6.54 Å². The van der Waals surface area contributed by atoms with Crippen LogP contribution in [0.5, 0.6) is 0 Å². The van der Waals surface area contributed by atoms with Gasteiger partial charge in [-0.3, -0.25) is 0 Å². The fourth-order valence-corrected chi connectivity index (χ4v) is 2.72. The zero-order valence-electron chi connectivity index (χ0n) is 10.5. The molecule has 2 heterocycles. The average molecular weight is 295 g/mol. The Labute approximate surface area is 121 Å². The number of hydrogen-bond donors (Lipinski definition) is 1. The predicted molar refractivity (Wildman–Crippen MR) is 81.0 cm³/mol. The van der Waals surface area contributed by atoms with Gasteiger partial charge in [0.2, 0.25) is 4.96 Å². The fraction of sp³-hybridized carbons (Fsp3) is 0.231. The highest BCUT2D eigenvalue weighted by molar-refractivity contribution is 7.16. The van der Waals surface area contributed by atoms with Crippen LogP contribution in [0.3, 0.4) is 0 Å². The molecule has 2 aromatic heterocycles. The van der Waals surface area contributed by atoms with Gasteiger partial charge in [0.25, 0.3) is 0 Å². The number of fused-ring (bicyclic) bond motifs is 1. The van der Waals surface area contributed by atoms with Crippen molar-refractivity contribution < 1.29 is 0 Å². The number of aromatic nitrogens is 3. The molecule has 3 rings (SSSR count). The predicted octanol–water partition coefficient (Wildman–Crippen LogP) is 2.69. The van der Waals surface area contributed by atoms with Gasteiger partial charge in [-0.05, 0) is 13.5 Å². The lowest BCUT2D eigenvalue weighted by Gasteiger charge is -1.96. The first-order valence-corrected chi connectivity index (χ1v) is 6.70. The molecule has 0 amide bonds. The van der Waals surface area contributed by atoms with Gasteiger partial charge in [-0.2, -0.15) is 5.10 Å². The number of halogens is 1. The maximum absolute atomic E-state index is 5.52. The van der Waals surface area contributed by atoms with Gasteiger partial charge >= 0.3 is 0 Å². The first kappa shape index (κ1) is 14.0. The minimum Gasteiger partial charge on any atom is -0.330 e. The molecule has 100 valence electrons. The van der Waals surface area contributed by atoms with Gasteiger partial charge in [0.15, 0.2) is 0 Å². The zero-order chi connectivity index (χ0) is 12.5. The summed E-state index contributed by atoms with van der Waals surface area (Å²) in [6.45, 7) is 2.71. The molecule has 0 unspecified atom stereocenters. The van der Waals surface area contributed by atoms with Crippen LogP contribution in [0.1, 0.15) is 10.6 Å². The number of nitrogens with two attached hydrogens (primary N) is 1. The van der Waals surface area contributed by atoms with E-state index in [1.807, 2.05) is 10.7 Å². The van der Waals surface area contributed by atoms with E-state index < -0.39 is 0 Å². The molecule has 19 heavy (non-hydrogen) atoms. The van der Waals surface area contributed by atoms with E-state index in [1.165, 1.54) is 5.56 Å². The summed E-state index contributed by atoms with van der Waals surface area (Å²) >= 11 is 1.60. The van der Waals surface area contributed by atoms with Crippen LogP contribution in [0.4, 0.5) is 0 Å². The minimum absolute atomic E-state index is 0. The number of imidazole rings is 1. The molecule has 0 atom stereocenters. The van der Waals surface area contributed by atoms with E-state index in [9.17, 15) is 0 Å². The lowest BCUT2D eigenvalue weighted by atomic mass is 10.1. The molecule has 0 fully saturated rings. The van der Waals surface area contributed by atoms with Crippen molar-refractivity contribution in [1.82, 2.24) is 14.6 Å². The van der Waals surface area contributed by atoms with Crippen LogP contribution in [0, 0.1) is 6.92 Å². The lowest BCUT2D eigenvalue weighted by molar-refractivity contribution is 0.873. The normalized spacial score (nSPS) is 10.6. The third-order valence-corrected chi connectivity index (χ3v) is 3.77. The SMILES string of the molecule is Cc1ccc(-c2cn3nc(CCN)sc3n2)cc1.Cl. The number of aryl methyl sites for hydroxylation is 1. The Morgan fingerprint density at radius 3 is 2.63 bits per heavy atom. The van der Waals surface area contributed by atoms with Gasteiger partial charge in [-0.15, -0.1) is 12.4 Å². The molecule has 0 aliphatic heterocycles. The molecule has 0 saturated carbocycles. The Bertz CT molecular complexity index is 640. The second kappa shape index (κ2) is 5.69. The standard InChI is InChI=1S/C13H14N4S.ClH/c1-9-2-4-10(5-3-9)11-8-17-13(15-11)18-12(16-17)6-7-14;/h2-5,8H,6-7,14H2,1H3;1H. The monoisotopic (exact) mass is 294 g/mol. The molecule has 0 saturated heterocycles. The van der Waals surface area contributed by atoms with Crippen molar-refractivity contribution in [2.24, 2.45) is 5.73 Å². The van der Waals surface area contributed by atoms with Gasteiger partial charge in [-0.1, -0.05) is 41.2 Å². The minimum atomic E-state index is 0. The molecule has 3 aromatic rings. The fourth-order valence-electron chi connectivity index (χ4n) is 1.83. The summed E-state index contributed by atoms with van der Waals surface area (Å²) < 4.78 is 1.84. The molecule has 2 N–H and O–H groups in total. The maximum Gasteiger partial charge on any atom is 0.212 e. The van der Waals surface area contributed by atoms with Crippen LogP contribution < -0.4 is 5.73 Å². The topological polar surface area (TPSA) is 56.2 Å². The van der Waals surface area contributed by atoms with Crippen molar-refractivity contribution >= 4 is 28.7 Å². The third kappa shape index (κ3) is 2.78. The summed E-state index contributed by atoms with van der Waals surface area (Å²) in [6, 6.07) is 8.36. The van der Waals surface area contributed by atoms with E-state index >= 15 is 0 Å². The van der Waals surface area contributed by atoms with Crippen molar-refractivity contribution in [2.45, 2.75) is 13.3 Å². The van der Waals surface area contributed by atoms with E-state index in [4.69, 9.17) is 5.73 Å². The highest BCUT2D eigenvalue weighted by Crippen LogP contribution is 2.22. The number of benzene rings is 1. The summed E-state index contributed by atoms with van der Waals surface area (Å²) in [6.07, 6.45) is 2.78. The Kier molecular flexibility index (Phi) is 4.19. The quantitative estimate of drug-likeness (QED) is 0.808. The highest BCUT2D eigenvalue weighted by atomic mass is 35.5. The molecule has 0 spiro atoms. The molecular weight excluding hydrogens is 280 g/mol. The Hall–Kier alpha value is -1.43. The Morgan fingerprint density at radius 2 is 2.00 bits per heavy atom. The number of hydrogen-bond acceptors (Lipinski definition) is 4. The summed E-state index contributed by atoms with van der Waals surface area (Å²) in [5, 5.41) is 5.50. The molecule has 0 radical (unpaired) electrons. The van der Waals surface area contributed by atoms with Crippen LogP contribution in [-0.2, 0) is 6.42 Å². The molecule has 0 bridgehead atoms. The Morgan fingerprint density at radius 1 is 1.26 bits per heavy atom. The summed E-state index contributed by atoms with van der Waals surface area (Å²) in [5.41, 5.74) is 8.87. The number of nitrogens with zero attached hydrogens (tertiary/aromatic N) is 3. The largest absolute Gasteiger partial charge is 0.330 e. The summed E-state index contributed by atoms with van der Waals surface area (Å²) in [7, 11) is 0. The van der Waals surface area contributed by atoms with E-state index in [0.717, 1.165) is 27.6 Å². The molecule has 6 heteroatoms. The van der Waals surface area contributed by atoms with Gasteiger partial charge in [0, 0.05) is 12.0 Å². The van der Waals surface area contributed by atoms with Crippen molar-refractivity contribution in [3.8, 4) is 11.3 Å². The van der Waals surface area contributed by atoms with E-state index in [-0.39, 0.29) is 12.4 Å². The second-order valence-electron chi connectivity index (χ2n) is 4.25. The molecule has 1 aromatic carbocycles. The number of rotatable bonds is 3. The lowest BCUT2D eigenvalue weighted by Crippen LogP contribution is -2.02. The van der Waals surface area contributed by atoms with Crippen molar-refractivity contribution in [3.05, 3.63) is 41.0 Å². The van der Waals surface area contributed by atoms with Gasteiger partial charge in [0.1, 0.15) is 5.01 Å².